The molecule has 0 atom stereocenters. The van der Waals surface area contributed by atoms with Crippen LogP contribution in [-0.2, 0) is 15.7 Å². The molecule has 0 bridgehead atoms. The molecule has 34 heavy (non-hydrogen) atoms. The van der Waals surface area contributed by atoms with E-state index in [4.69, 9.17) is 9.26 Å². The quantitative estimate of drug-likeness (QED) is 0.518. The van der Waals surface area contributed by atoms with E-state index in [2.05, 4.69) is 15.5 Å². The van der Waals surface area contributed by atoms with E-state index in [-0.39, 0.29) is 41.9 Å². The first-order valence-corrected chi connectivity index (χ1v) is 10.5. The molecule has 1 saturated heterocycles. The van der Waals surface area contributed by atoms with Crippen molar-refractivity contribution in [1.82, 2.24) is 15.0 Å². The number of carbonyl (C=O) groups excluding carboxylic acids is 2. The maximum absolute atomic E-state index is 12.9. The number of alkyl halides is 3. The molecule has 178 valence electrons. The number of esters is 1. The number of nitrogens with one attached hydrogen (secondary N) is 1. The molecule has 1 aromatic heterocycles. The lowest BCUT2D eigenvalue weighted by Gasteiger charge is -2.36. The number of ether oxygens (including phenoxy) is 1. The second-order valence-electron chi connectivity index (χ2n) is 7.74. The summed E-state index contributed by atoms with van der Waals surface area (Å²) in [7, 11) is 0. The Balaban J connectivity index is 1.33. The highest BCUT2D eigenvalue weighted by Crippen LogP contribution is 2.32. The fraction of sp³-hybridized carbons (Fsp3) is 0.304. The van der Waals surface area contributed by atoms with Gasteiger partial charge in [-0.2, -0.15) is 18.2 Å². The van der Waals surface area contributed by atoms with Crippen molar-refractivity contribution in [2.45, 2.75) is 19.0 Å². The fourth-order valence-electron chi connectivity index (χ4n) is 3.58. The number of anilines is 1. The number of benzene rings is 2. The van der Waals surface area contributed by atoms with Crippen LogP contribution in [0.2, 0.25) is 0 Å². The molecule has 0 unspecified atom stereocenters. The van der Waals surface area contributed by atoms with Crippen LogP contribution >= 0.6 is 0 Å². The van der Waals surface area contributed by atoms with Crippen molar-refractivity contribution in [2.24, 2.45) is 0 Å². The average molecular weight is 474 g/mol. The minimum Gasteiger partial charge on any atom is -0.462 e. The van der Waals surface area contributed by atoms with Crippen LogP contribution in [0.15, 0.2) is 53.1 Å². The van der Waals surface area contributed by atoms with E-state index in [0.717, 1.165) is 12.1 Å². The van der Waals surface area contributed by atoms with Gasteiger partial charge in [-0.15, -0.1) is 0 Å². The number of amides is 1. The summed E-state index contributed by atoms with van der Waals surface area (Å²) in [5.74, 6) is -0.572. The number of rotatable bonds is 7. The zero-order valence-corrected chi connectivity index (χ0v) is 18.1. The molecule has 1 fully saturated rings. The van der Waals surface area contributed by atoms with Crippen LogP contribution in [-0.4, -0.2) is 53.2 Å². The maximum Gasteiger partial charge on any atom is 0.416 e. The van der Waals surface area contributed by atoms with Gasteiger partial charge >= 0.3 is 12.1 Å². The molecule has 4 rings (SSSR count). The van der Waals surface area contributed by atoms with E-state index in [1.54, 1.807) is 31.2 Å². The van der Waals surface area contributed by atoms with Crippen LogP contribution in [0.5, 0.6) is 0 Å². The molecule has 1 aliphatic rings. The van der Waals surface area contributed by atoms with Gasteiger partial charge in [-0.1, -0.05) is 29.4 Å². The van der Waals surface area contributed by atoms with Gasteiger partial charge in [-0.3, -0.25) is 9.69 Å². The van der Waals surface area contributed by atoms with Crippen molar-refractivity contribution in [3.63, 3.8) is 0 Å². The highest BCUT2D eigenvalue weighted by atomic mass is 19.4. The summed E-state index contributed by atoms with van der Waals surface area (Å²) in [6.07, 6.45) is -4.46. The smallest absolute Gasteiger partial charge is 0.416 e. The van der Waals surface area contributed by atoms with Crippen LogP contribution in [0.3, 0.4) is 0 Å². The van der Waals surface area contributed by atoms with E-state index in [1.165, 1.54) is 12.1 Å². The second-order valence-corrected chi connectivity index (χ2v) is 7.74. The van der Waals surface area contributed by atoms with E-state index in [1.807, 2.05) is 4.90 Å². The Morgan fingerprint density at radius 2 is 1.94 bits per heavy atom. The molecule has 8 nitrogen and oxygen atoms in total. The summed E-state index contributed by atoms with van der Waals surface area (Å²) in [6, 6.07) is 11.3. The third-order valence-corrected chi connectivity index (χ3v) is 5.26. The summed E-state index contributed by atoms with van der Waals surface area (Å²) < 4.78 is 49.1. The summed E-state index contributed by atoms with van der Waals surface area (Å²) >= 11 is 0. The number of hydrogen-bond acceptors (Lipinski definition) is 7. The number of aromatic nitrogens is 2. The SMILES string of the molecule is CCOC(=O)c1ccccc1NC(=O)CN1CC(c2nc(-c3cccc(C(F)(F)F)c3)no2)C1. The number of carbonyl (C=O) groups is 2. The van der Waals surface area contributed by atoms with E-state index < -0.39 is 17.7 Å². The van der Waals surface area contributed by atoms with Crippen molar-refractivity contribution in [1.29, 1.82) is 0 Å². The summed E-state index contributed by atoms with van der Waals surface area (Å²) in [5.41, 5.74) is 0.0557. The molecular weight excluding hydrogens is 453 g/mol. The highest BCUT2D eigenvalue weighted by molar-refractivity contribution is 6.01. The topological polar surface area (TPSA) is 97.6 Å². The van der Waals surface area contributed by atoms with Crippen molar-refractivity contribution >= 4 is 17.6 Å². The molecular formula is C23H21F3N4O4. The van der Waals surface area contributed by atoms with Crippen molar-refractivity contribution in [3.05, 3.63) is 65.5 Å². The van der Waals surface area contributed by atoms with Crippen LogP contribution in [0.4, 0.5) is 18.9 Å². The fourth-order valence-corrected chi connectivity index (χ4v) is 3.58. The Bertz CT molecular complexity index is 1190. The highest BCUT2D eigenvalue weighted by Gasteiger charge is 2.34. The molecule has 0 radical (unpaired) electrons. The molecule has 1 N–H and O–H groups in total. The third kappa shape index (κ3) is 5.25. The lowest BCUT2D eigenvalue weighted by atomic mass is 10.00. The number of hydrogen-bond donors (Lipinski definition) is 1. The molecule has 1 amide bonds. The molecule has 1 aliphatic heterocycles. The van der Waals surface area contributed by atoms with Gasteiger partial charge in [-0.25, -0.2) is 4.79 Å². The lowest BCUT2D eigenvalue weighted by Crippen LogP contribution is -2.48. The summed E-state index contributed by atoms with van der Waals surface area (Å²) in [4.78, 5) is 30.6. The van der Waals surface area contributed by atoms with E-state index >= 15 is 0 Å². The van der Waals surface area contributed by atoms with Gasteiger partial charge in [0.25, 0.3) is 0 Å². The maximum atomic E-state index is 12.9. The zero-order chi connectivity index (χ0) is 24.3. The van der Waals surface area contributed by atoms with Crippen LogP contribution in [0, 0.1) is 0 Å². The summed E-state index contributed by atoms with van der Waals surface area (Å²) in [5, 5.41) is 6.52. The number of likely N-dealkylation sites (tertiary alicyclic amines) is 1. The van der Waals surface area contributed by atoms with E-state index in [9.17, 15) is 22.8 Å². The van der Waals surface area contributed by atoms with Crippen LogP contribution in [0.1, 0.15) is 34.7 Å². The Labute approximate surface area is 192 Å². The van der Waals surface area contributed by atoms with Gasteiger partial charge in [0.2, 0.25) is 17.6 Å². The minimum atomic E-state index is -4.46. The Hall–Kier alpha value is -3.73. The predicted molar refractivity (Wildman–Crippen MR) is 115 cm³/mol. The van der Waals surface area contributed by atoms with Gasteiger partial charge in [0, 0.05) is 18.7 Å². The van der Waals surface area contributed by atoms with Crippen LogP contribution in [0.25, 0.3) is 11.4 Å². The van der Waals surface area contributed by atoms with Gasteiger partial charge in [0.05, 0.1) is 35.9 Å². The van der Waals surface area contributed by atoms with Crippen molar-refractivity contribution in [3.8, 4) is 11.4 Å². The van der Waals surface area contributed by atoms with Crippen molar-refractivity contribution in [2.75, 3.05) is 31.6 Å². The third-order valence-electron chi connectivity index (χ3n) is 5.26. The molecule has 11 heteroatoms. The lowest BCUT2D eigenvalue weighted by molar-refractivity contribution is -0.137. The normalized spacial score (nSPS) is 14.5. The number of para-hydroxylation sites is 1. The average Bonchev–Trinajstić information content (AvgIpc) is 3.25. The largest absolute Gasteiger partial charge is 0.462 e. The molecule has 2 heterocycles. The predicted octanol–water partition coefficient (Wildman–Crippen LogP) is 3.97. The number of nitrogens with zero attached hydrogens (tertiary/aromatic N) is 3. The molecule has 0 saturated carbocycles. The number of halogens is 3. The van der Waals surface area contributed by atoms with E-state index in [0.29, 0.717) is 24.7 Å². The van der Waals surface area contributed by atoms with Gasteiger partial charge in [0.15, 0.2) is 0 Å². The zero-order valence-electron chi connectivity index (χ0n) is 18.1. The first-order valence-electron chi connectivity index (χ1n) is 10.5. The van der Waals surface area contributed by atoms with Crippen molar-refractivity contribution < 1.29 is 32.0 Å². The standard InChI is InChI=1S/C23H21F3N4O4/c1-2-33-22(32)17-8-3-4-9-18(17)27-19(31)13-30-11-15(12-30)21-28-20(29-34-21)14-6-5-7-16(10-14)23(24,25)26/h3-10,15H,2,11-13H2,1H3,(H,27,31). The Kier molecular flexibility index (Phi) is 6.64. The first-order chi connectivity index (χ1) is 16.2. The minimum absolute atomic E-state index is 0.0767. The molecule has 2 aromatic carbocycles. The monoisotopic (exact) mass is 474 g/mol. The van der Waals surface area contributed by atoms with Crippen LogP contribution < -0.4 is 5.32 Å². The summed E-state index contributed by atoms with van der Waals surface area (Å²) in [6.45, 7) is 2.95. The molecule has 0 aliphatic carbocycles. The Morgan fingerprint density at radius 1 is 1.18 bits per heavy atom. The second kappa shape index (κ2) is 9.64. The van der Waals surface area contributed by atoms with Gasteiger partial charge < -0.3 is 14.6 Å². The molecule has 3 aromatic rings. The Morgan fingerprint density at radius 3 is 2.68 bits per heavy atom. The molecule has 0 spiro atoms. The van der Waals surface area contributed by atoms with Gasteiger partial charge in [-0.05, 0) is 31.2 Å². The first kappa shape index (κ1) is 23.4. The van der Waals surface area contributed by atoms with Gasteiger partial charge in [0.1, 0.15) is 0 Å².